The van der Waals surface area contributed by atoms with E-state index in [0.29, 0.717) is 5.02 Å². The first-order valence-electron chi connectivity index (χ1n) is 4.34. The summed E-state index contributed by atoms with van der Waals surface area (Å²) in [5.74, 6) is 4.01. The molecule has 0 bridgehead atoms. The molecule has 0 aromatic heterocycles. The van der Waals surface area contributed by atoms with Crippen LogP contribution < -0.4 is 5.90 Å². The van der Waals surface area contributed by atoms with Crippen molar-refractivity contribution in [3.8, 4) is 0 Å². The Labute approximate surface area is 92.9 Å². The second-order valence-electron chi connectivity index (χ2n) is 2.96. The van der Waals surface area contributed by atoms with Gasteiger partial charge in [-0.15, -0.1) is 0 Å². The largest absolute Gasteiger partial charge is 0.468 e. The Kier molecular flexibility index (Phi) is 4.55. The molecule has 0 saturated carbocycles. The number of ether oxygens (including phenoxy) is 1. The van der Waals surface area contributed by atoms with Crippen molar-refractivity contribution in [3.63, 3.8) is 0 Å². The molecule has 0 aliphatic heterocycles. The molecule has 0 heterocycles. The van der Waals surface area contributed by atoms with Gasteiger partial charge in [-0.05, 0) is 17.7 Å². The molecular formula is C10H12ClNO3. The average molecular weight is 230 g/mol. The number of benzene rings is 1. The summed E-state index contributed by atoms with van der Waals surface area (Å²) in [6.07, 6.45) is 0. The van der Waals surface area contributed by atoms with Gasteiger partial charge in [0, 0.05) is 5.02 Å². The maximum Gasteiger partial charge on any atom is 0.315 e. The Bertz CT molecular complexity index is 343. The van der Waals surface area contributed by atoms with Crippen LogP contribution in [0.1, 0.15) is 11.5 Å². The van der Waals surface area contributed by atoms with Gasteiger partial charge in [0.15, 0.2) is 0 Å². The first kappa shape index (κ1) is 12.0. The van der Waals surface area contributed by atoms with Gasteiger partial charge in [-0.2, -0.15) is 0 Å². The minimum Gasteiger partial charge on any atom is -0.468 e. The standard InChI is InChI=1S/C10H12ClNO3/c1-14-10(13)9(6-15-12)7-3-2-4-8(11)5-7/h2-5,9H,6,12H2,1H3. The second-order valence-corrected chi connectivity index (χ2v) is 3.40. The van der Waals surface area contributed by atoms with Crippen molar-refractivity contribution in [1.29, 1.82) is 0 Å². The molecule has 0 spiro atoms. The topological polar surface area (TPSA) is 61.5 Å². The fraction of sp³-hybridized carbons (Fsp3) is 0.300. The number of carbonyl (C=O) groups is 1. The van der Waals surface area contributed by atoms with Crippen LogP contribution in [0.25, 0.3) is 0 Å². The molecule has 2 N–H and O–H groups in total. The molecule has 0 saturated heterocycles. The fourth-order valence-corrected chi connectivity index (χ4v) is 1.46. The summed E-state index contributed by atoms with van der Waals surface area (Å²) in [5, 5.41) is 0.554. The highest BCUT2D eigenvalue weighted by molar-refractivity contribution is 6.30. The van der Waals surface area contributed by atoms with E-state index in [1.165, 1.54) is 7.11 Å². The molecule has 1 aromatic carbocycles. The quantitative estimate of drug-likeness (QED) is 0.628. The number of hydrogen-bond acceptors (Lipinski definition) is 4. The molecule has 0 amide bonds. The van der Waals surface area contributed by atoms with Crippen LogP contribution in [-0.2, 0) is 14.4 Å². The Morgan fingerprint density at radius 2 is 2.33 bits per heavy atom. The lowest BCUT2D eigenvalue weighted by Gasteiger charge is -2.13. The Morgan fingerprint density at radius 3 is 2.87 bits per heavy atom. The van der Waals surface area contributed by atoms with Gasteiger partial charge in [0.05, 0.1) is 13.7 Å². The Morgan fingerprint density at radius 1 is 1.60 bits per heavy atom. The van der Waals surface area contributed by atoms with Crippen molar-refractivity contribution >= 4 is 17.6 Å². The highest BCUT2D eigenvalue weighted by atomic mass is 35.5. The van der Waals surface area contributed by atoms with Gasteiger partial charge in [-0.1, -0.05) is 23.7 Å². The van der Waals surface area contributed by atoms with E-state index in [-0.39, 0.29) is 6.61 Å². The summed E-state index contributed by atoms with van der Waals surface area (Å²) in [4.78, 5) is 15.9. The van der Waals surface area contributed by atoms with Crippen LogP contribution in [0.5, 0.6) is 0 Å². The van der Waals surface area contributed by atoms with Crippen molar-refractivity contribution in [1.82, 2.24) is 0 Å². The number of nitrogens with two attached hydrogens (primary N) is 1. The zero-order valence-corrected chi connectivity index (χ0v) is 9.03. The van der Waals surface area contributed by atoms with Gasteiger partial charge < -0.3 is 9.57 Å². The van der Waals surface area contributed by atoms with Crippen molar-refractivity contribution in [2.75, 3.05) is 13.7 Å². The van der Waals surface area contributed by atoms with E-state index in [9.17, 15) is 4.79 Å². The monoisotopic (exact) mass is 229 g/mol. The second kappa shape index (κ2) is 5.70. The van der Waals surface area contributed by atoms with Gasteiger partial charge in [-0.25, -0.2) is 5.90 Å². The van der Waals surface area contributed by atoms with Crippen molar-refractivity contribution in [2.45, 2.75) is 5.92 Å². The van der Waals surface area contributed by atoms with Gasteiger partial charge in [0.2, 0.25) is 0 Å². The molecule has 1 unspecified atom stereocenters. The molecule has 1 rings (SSSR count). The van der Waals surface area contributed by atoms with Gasteiger partial charge >= 0.3 is 5.97 Å². The van der Waals surface area contributed by atoms with Gasteiger partial charge in [-0.3, -0.25) is 4.79 Å². The number of rotatable bonds is 4. The molecule has 15 heavy (non-hydrogen) atoms. The molecule has 5 heteroatoms. The summed E-state index contributed by atoms with van der Waals surface area (Å²) in [6, 6.07) is 6.93. The molecule has 82 valence electrons. The SMILES string of the molecule is COC(=O)C(CON)c1cccc(Cl)c1. The minimum absolute atomic E-state index is 0.0625. The first-order chi connectivity index (χ1) is 7.19. The van der Waals surface area contributed by atoms with E-state index in [4.69, 9.17) is 17.5 Å². The van der Waals surface area contributed by atoms with Crippen molar-refractivity contribution < 1.29 is 14.4 Å². The molecule has 1 atom stereocenters. The Hall–Kier alpha value is -1.10. The number of hydrogen-bond donors (Lipinski definition) is 1. The third-order valence-corrected chi connectivity index (χ3v) is 2.23. The van der Waals surface area contributed by atoms with Gasteiger partial charge in [0.1, 0.15) is 5.92 Å². The molecule has 0 radical (unpaired) electrons. The fourth-order valence-electron chi connectivity index (χ4n) is 1.26. The van der Waals surface area contributed by atoms with Crippen LogP contribution in [0.15, 0.2) is 24.3 Å². The maximum absolute atomic E-state index is 11.4. The molecular weight excluding hydrogens is 218 g/mol. The van der Waals surface area contributed by atoms with E-state index < -0.39 is 11.9 Å². The lowest BCUT2D eigenvalue weighted by Crippen LogP contribution is -2.21. The molecule has 1 aromatic rings. The summed E-state index contributed by atoms with van der Waals surface area (Å²) in [5.41, 5.74) is 0.722. The molecule has 0 aliphatic rings. The van der Waals surface area contributed by atoms with Crippen LogP contribution in [0.3, 0.4) is 0 Å². The van der Waals surface area contributed by atoms with E-state index in [0.717, 1.165) is 5.56 Å². The number of halogens is 1. The predicted octanol–water partition coefficient (Wildman–Crippen LogP) is 1.49. The van der Waals surface area contributed by atoms with E-state index in [1.54, 1.807) is 24.3 Å². The average Bonchev–Trinajstić information content (AvgIpc) is 2.25. The van der Waals surface area contributed by atoms with Crippen molar-refractivity contribution in [3.05, 3.63) is 34.9 Å². The van der Waals surface area contributed by atoms with Crippen LogP contribution in [0.2, 0.25) is 5.02 Å². The normalized spacial score (nSPS) is 12.2. The van der Waals surface area contributed by atoms with Crippen LogP contribution in [0.4, 0.5) is 0 Å². The maximum atomic E-state index is 11.4. The zero-order chi connectivity index (χ0) is 11.3. The minimum atomic E-state index is -0.543. The Balaban J connectivity index is 2.93. The summed E-state index contributed by atoms with van der Waals surface area (Å²) < 4.78 is 4.64. The summed E-state index contributed by atoms with van der Waals surface area (Å²) in [7, 11) is 1.32. The predicted molar refractivity (Wildman–Crippen MR) is 56.3 cm³/mol. The number of carbonyl (C=O) groups excluding carboxylic acids is 1. The van der Waals surface area contributed by atoms with E-state index >= 15 is 0 Å². The zero-order valence-electron chi connectivity index (χ0n) is 8.27. The molecule has 0 fully saturated rings. The van der Waals surface area contributed by atoms with Crippen LogP contribution in [-0.4, -0.2) is 19.7 Å². The first-order valence-corrected chi connectivity index (χ1v) is 4.71. The number of esters is 1. The smallest absolute Gasteiger partial charge is 0.315 e. The van der Waals surface area contributed by atoms with E-state index in [2.05, 4.69) is 9.57 Å². The third-order valence-electron chi connectivity index (χ3n) is 2.00. The lowest BCUT2D eigenvalue weighted by atomic mass is 10.0. The van der Waals surface area contributed by atoms with Gasteiger partial charge in [0.25, 0.3) is 0 Å². The van der Waals surface area contributed by atoms with Crippen LogP contribution in [0, 0.1) is 0 Å². The van der Waals surface area contributed by atoms with Crippen LogP contribution >= 0.6 is 11.6 Å². The highest BCUT2D eigenvalue weighted by Gasteiger charge is 2.21. The summed E-state index contributed by atoms with van der Waals surface area (Å²) >= 11 is 5.81. The third kappa shape index (κ3) is 3.20. The number of methoxy groups -OCH3 is 1. The van der Waals surface area contributed by atoms with Crippen molar-refractivity contribution in [2.24, 2.45) is 5.90 Å². The summed E-state index contributed by atoms with van der Waals surface area (Å²) in [6.45, 7) is 0.0625. The highest BCUT2D eigenvalue weighted by Crippen LogP contribution is 2.20. The molecule has 0 aliphatic carbocycles. The molecule has 4 nitrogen and oxygen atoms in total. The lowest BCUT2D eigenvalue weighted by molar-refractivity contribution is -0.144. The van der Waals surface area contributed by atoms with E-state index in [1.807, 2.05) is 0 Å².